The predicted octanol–water partition coefficient (Wildman–Crippen LogP) is 3.03. The molecule has 1 aromatic carbocycles. The van der Waals surface area contributed by atoms with Gasteiger partial charge in [-0.1, -0.05) is 37.3 Å². The maximum Gasteiger partial charge on any atom is 0.309 e. The number of benzene rings is 1. The third-order valence-electron chi connectivity index (χ3n) is 4.90. The van der Waals surface area contributed by atoms with Crippen molar-refractivity contribution in [1.82, 2.24) is 10.2 Å². The lowest BCUT2D eigenvalue weighted by Gasteiger charge is -2.33. The van der Waals surface area contributed by atoms with Crippen LogP contribution in [-0.2, 0) is 9.53 Å². The Hall–Kier alpha value is -2.04. The number of aliphatic imine (C=N–C) groups is 1. The van der Waals surface area contributed by atoms with Crippen LogP contribution in [0.1, 0.15) is 44.6 Å². The second kappa shape index (κ2) is 10.1. The van der Waals surface area contributed by atoms with Gasteiger partial charge in [0.25, 0.3) is 0 Å². The van der Waals surface area contributed by atoms with Crippen molar-refractivity contribution in [1.29, 1.82) is 0 Å². The molecule has 1 unspecified atom stereocenters. The molecule has 0 radical (unpaired) electrons. The summed E-state index contributed by atoms with van der Waals surface area (Å²) in [5.74, 6) is 1.37. The van der Waals surface area contributed by atoms with Crippen molar-refractivity contribution in [3.63, 3.8) is 0 Å². The molecule has 0 bridgehead atoms. The van der Waals surface area contributed by atoms with Gasteiger partial charge in [0, 0.05) is 32.6 Å². The van der Waals surface area contributed by atoms with E-state index < -0.39 is 0 Å². The summed E-state index contributed by atoms with van der Waals surface area (Å²) in [6.45, 7) is 7.07. The summed E-state index contributed by atoms with van der Waals surface area (Å²) in [6.07, 6.45) is 2.74. The van der Waals surface area contributed by atoms with Crippen molar-refractivity contribution < 1.29 is 9.53 Å². The van der Waals surface area contributed by atoms with E-state index in [0.29, 0.717) is 12.5 Å². The summed E-state index contributed by atoms with van der Waals surface area (Å²) in [4.78, 5) is 18.5. The first-order valence-electron chi connectivity index (χ1n) is 9.36. The summed E-state index contributed by atoms with van der Waals surface area (Å²) in [5, 5.41) is 3.52. The number of esters is 1. The summed E-state index contributed by atoms with van der Waals surface area (Å²) < 4.78 is 5.14. The molecule has 1 aromatic rings. The van der Waals surface area contributed by atoms with E-state index in [9.17, 15) is 4.79 Å². The van der Waals surface area contributed by atoms with Gasteiger partial charge >= 0.3 is 5.97 Å². The average Bonchev–Trinajstić information content (AvgIpc) is 2.66. The van der Waals surface area contributed by atoms with Crippen molar-refractivity contribution in [3.8, 4) is 0 Å². The fraction of sp³-hybridized carbons (Fsp3) is 0.600. The van der Waals surface area contributed by atoms with Crippen LogP contribution in [0.3, 0.4) is 0 Å². The minimum atomic E-state index is -0.0554. The third kappa shape index (κ3) is 5.48. The highest BCUT2D eigenvalue weighted by Gasteiger charge is 2.27. The zero-order valence-corrected chi connectivity index (χ0v) is 15.7. The highest BCUT2D eigenvalue weighted by atomic mass is 16.5. The van der Waals surface area contributed by atoms with Crippen LogP contribution in [0.25, 0.3) is 0 Å². The number of hydrogen-bond donors (Lipinski definition) is 1. The van der Waals surface area contributed by atoms with E-state index in [1.54, 1.807) is 0 Å². The van der Waals surface area contributed by atoms with Crippen LogP contribution >= 0.6 is 0 Å². The first-order chi connectivity index (χ1) is 12.2. The van der Waals surface area contributed by atoms with Crippen molar-refractivity contribution in [3.05, 3.63) is 35.9 Å². The Morgan fingerprint density at radius 2 is 1.96 bits per heavy atom. The number of guanidine groups is 1. The second-order valence-electron chi connectivity index (χ2n) is 6.46. The molecule has 1 N–H and O–H groups in total. The Morgan fingerprint density at radius 1 is 1.28 bits per heavy atom. The SMILES string of the molecule is CCOC(=O)C1CCN(C(=NC)NCC(CC)c2ccccc2)CC1. The molecule has 0 amide bonds. The molecule has 1 atom stereocenters. The Kier molecular flexibility index (Phi) is 7.76. The van der Waals surface area contributed by atoms with Crippen LogP contribution < -0.4 is 5.32 Å². The smallest absolute Gasteiger partial charge is 0.309 e. The van der Waals surface area contributed by atoms with Crippen LogP contribution in [0.4, 0.5) is 0 Å². The quantitative estimate of drug-likeness (QED) is 0.489. The third-order valence-corrected chi connectivity index (χ3v) is 4.90. The van der Waals surface area contributed by atoms with Crippen LogP contribution in [0.5, 0.6) is 0 Å². The van der Waals surface area contributed by atoms with Crippen molar-refractivity contribution >= 4 is 11.9 Å². The first kappa shape index (κ1) is 19.3. The van der Waals surface area contributed by atoms with Gasteiger partial charge in [-0.2, -0.15) is 0 Å². The molecule has 5 heteroatoms. The van der Waals surface area contributed by atoms with E-state index in [4.69, 9.17) is 4.74 Å². The van der Waals surface area contributed by atoms with Gasteiger partial charge in [-0.3, -0.25) is 9.79 Å². The maximum absolute atomic E-state index is 11.9. The Labute approximate surface area is 151 Å². The average molecular weight is 345 g/mol. The van der Waals surface area contributed by atoms with Gasteiger partial charge in [-0.05, 0) is 31.7 Å². The summed E-state index contributed by atoms with van der Waals surface area (Å²) >= 11 is 0. The van der Waals surface area contributed by atoms with E-state index >= 15 is 0 Å². The molecular formula is C20H31N3O2. The molecule has 0 aromatic heterocycles. The van der Waals surface area contributed by atoms with E-state index in [-0.39, 0.29) is 11.9 Å². The molecule has 0 spiro atoms. The number of carbonyl (C=O) groups excluding carboxylic acids is 1. The molecule has 0 saturated carbocycles. The normalized spacial score (nSPS) is 17.2. The standard InChI is InChI=1S/C20H31N3O2/c1-4-16(17-9-7-6-8-10-17)15-22-20(21-3)23-13-11-18(12-14-23)19(24)25-5-2/h6-10,16,18H,4-5,11-15H2,1-3H3,(H,21,22). The molecule has 1 aliphatic rings. The fourth-order valence-electron chi connectivity index (χ4n) is 3.36. The van der Waals surface area contributed by atoms with Crippen LogP contribution in [0.2, 0.25) is 0 Å². The zero-order valence-electron chi connectivity index (χ0n) is 15.7. The van der Waals surface area contributed by atoms with Crippen molar-refractivity contribution in [2.45, 2.75) is 39.0 Å². The molecule has 1 saturated heterocycles. The summed E-state index contributed by atoms with van der Waals surface area (Å²) in [6, 6.07) is 10.6. The van der Waals surface area contributed by atoms with Crippen LogP contribution in [0.15, 0.2) is 35.3 Å². The molecule has 138 valence electrons. The highest BCUT2D eigenvalue weighted by Crippen LogP contribution is 2.20. The lowest BCUT2D eigenvalue weighted by atomic mass is 9.96. The van der Waals surface area contributed by atoms with Gasteiger partial charge < -0.3 is 15.0 Å². The Balaban J connectivity index is 1.86. The number of piperidine rings is 1. The Morgan fingerprint density at radius 3 is 2.52 bits per heavy atom. The number of nitrogens with one attached hydrogen (secondary N) is 1. The maximum atomic E-state index is 11.9. The van der Waals surface area contributed by atoms with E-state index in [1.165, 1.54) is 5.56 Å². The number of carbonyl (C=O) groups is 1. The second-order valence-corrected chi connectivity index (χ2v) is 6.46. The first-order valence-corrected chi connectivity index (χ1v) is 9.36. The predicted molar refractivity (Wildman–Crippen MR) is 102 cm³/mol. The van der Waals surface area contributed by atoms with Gasteiger partial charge in [-0.25, -0.2) is 0 Å². The van der Waals surface area contributed by atoms with Crippen molar-refractivity contribution in [2.24, 2.45) is 10.9 Å². The number of hydrogen-bond acceptors (Lipinski definition) is 3. The number of likely N-dealkylation sites (tertiary alicyclic amines) is 1. The Bertz CT molecular complexity index is 551. The summed E-state index contributed by atoms with van der Waals surface area (Å²) in [7, 11) is 1.82. The number of nitrogens with zero attached hydrogens (tertiary/aromatic N) is 2. The van der Waals surface area contributed by atoms with E-state index in [0.717, 1.165) is 44.9 Å². The topological polar surface area (TPSA) is 53.9 Å². The molecule has 0 aliphatic carbocycles. The van der Waals surface area contributed by atoms with Gasteiger partial charge in [0.2, 0.25) is 0 Å². The number of rotatable bonds is 6. The van der Waals surface area contributed by atoms with E-state index in [1.807, 2.05) is 14.0 Å². The monoisotopic (exact) mass is 345 g/mol. The van der Waals surface area contributed by atoms with Gasteiger partial charge in [0.05, 0.1) is 12.5 Å². The fourth-order valence-corrected chi connectivity index (χ4v) is 3.36. The lowest BCUT2D eigenvalue weighted by molar-refractivity contribution is -0.149. The van der Waals surface area contributed by atoms with Crippen LogP contribution in [0, 0.1) is 5.92 Å². The molecular weight excluding hydrogens is 314 g/mol. The molecule has 2 rings (SSSR count). The van der Waals surface area contributed by atoms with Crippen molar-refractivity contribution in [2.75, 3.05) is 33.3 Å². The lowest BCUT2D eigenvalue weighted by Crippen LogP contribution is -2.47. The van der Waals surface area contributed by atoms with Gasteiger partial charge in [0.1, 0.15) is 0 Å². The molecule has 1 aliphatic heterocycles. The zero-order chi connectivity index (χ0) is 18.1. The van der Waals surface area contributed by atoms with E-state index in [2.05, 4.69) is 52.5 Å². The number of ether oxygens (including phenoxy) is 1. The van der Waals surface area contributed by atoms with Gasteiger partial charge in [0.15, 0.2) is 5.96 Å². The minimum Gasteiger partial charge on any atom is -0.466 e. The molecule has 1 heterocycles. The van der Waals surface area contributed by atoms with Crippen LogP contribution in [-0.4, -0.2) is 50.1 Å². The minimum absolute atomic E-state index is 0.0296. The highest BCUT2D eigenvalue weighted by molar-refractivity contribution is 5.80. The molecule has 25 heavy (non-hydrogen) atoms. The van der Waals surface area contributed by atoms with Gasteiger partial charge in [-0.15, -0.1) is 0 Å². The molecule has 5 nitrogen and oxygen atoms in total. The molecule has 1 fully saturated rings. The summed E-state index contributed by atoms with van der Waals surface area (Å²) in [5.41, 5.74) is 1.36. The largest absolute Gasteiger partial charge is 0.466 e.